The van der Waals surface area contributed by atoms with Crippen molar-refractivity contribution in [2.45, 2.75) is 30.3 Å². The van der Waals surface area contributed by atoms with Crippen molar-refractivity contribution in [2.75, 3.05) is 23.7 Å². The van der Waals surface area contributed by atoms with Crippen LogP contribution in [0.3, 0.4) is 0 Å². The molecule has 0 radical (unpaired) electrons. The van der Waals surface area contributed by atoms with Crippen LogP contribution in [0.15, 0.2) is 47.4 Å². The summed E-state index contributed by atoms with van der Waals surface area (Å²) in [5.41, 5.74) is 17.1. The van der Waals surface area contributed by atoms with Gasteiger partial charge in [-0.3, -0.25) is 5.32 Å². The van der Waals surface area contributed by atoms with Crippen molar-refractivity contribution in [3.05, 3.63) is 58.6 Å². The zero-order chi connectivity index (χ0) is 19.4. The van der Waals surface area contributed by atoms with Crippen molar-refractivity contribution in [1.82, 2.24) is 5.32 Å². The molecule has 3 rings (SSSR count). The second-order valence-electron chi connectivity index (χ2n) is 6.56. The summed E-state index contributed by atoms with van der Waals surface area (Å²) in [6.45, 7) is 5.60. The van der Waals surface area contributed by atoms with Gasteiger partial charge in [0, 0.05) is 45.6 Å². The first kappa shape index (κ1) is 19.9. The largest absolute Gasteiger partial charge is 0.398 e. The molecule has 5 nitrogen and oxygen atoms in total. The predicted molar refractivity (Wildman–Crippen MR) is 118 cm³/mol. The van der Waals surface area contributed by atoms with Crippen LogP contribution in [0.1, 0.15) is 18.1 Å². The third-order valence-corrected chi connectivity index (χ3v) is 5.89. The number of fused-ring (bicyclic) bond motifs is 1. The molecule has 0 bridgehead atoms. The smallest absolute Gasteiger partial charge is 0.0762 e. The number of nitrogens with one attached hydrogen (secondary N) is 3. The van der Waals surface area contributed by atoms with Gasteiger partial charge in [-0.05, 0) is 49.8 Å². The zero-order valence-corrected chi connectivity index (χ0v) is 17.1. The lowest BCUT2D eigenvalue weighted by molar-refractivity contribution is 0.626. The monoisotopic (exact) mass is 403 g/mol. The first-order valence-corrected chi connectivity index (χ1v) is 10.2. The van der Waals surface area contributed by atoms with E-state index in [0.717, 1.165) is 29.9 Å². The van der Waals surface area contributed by atoms with Gasteiger partial charge in [-0.15, -0.1) is 0 Å². The van der Waals surface area contributed by atoms with Crippen LogP contribution in [-0.2, 0) is 0 Å². The summed E-state index contributed by atoms with van der Waals surface area (Å²) in [5, 5.41) is 11.2. The molecule has 0 spiro atoms. The Morgan fingerprint density at radius 1 is 1.33 bits per heavy atom. The molecule has 0 saturated carbocycles. The van der Waals surface area contributed by atoms with Crippen molar-refractivity contribution >= 4 is 40.4 Å². The molecule has 0 fully saturated rings. The van der Waals surface area contributed by atoms with Crippen LogP contribution in [0, 0.1) is 6.92 Å². The van der Waals surface area contributed by atoms with Gasteiger partial charge in [0.05, 0.1) is 11.5 Å². The minimum absolute atomic E-state index is 0.328. The molecule has 0 saturated heterocycles. The molecule has 7 heteroatoms. The van der Waals surface area contributed by atoms with E-state index in [1.807, 2.05) is 43.0 Å². The number of hydrogen-bond acceptors (Lipinski definition) is 6. The number of halogens is 1. The fourth-order valence-corrected chi connectivity index (χ4v) is 4.19. The average Bonchev–Trinajstić information content (AvgIpc) is 3.00. The molecule has 144 valence electrons. The minimum Gasteiger partial charge on any atom is -0.398 e. The lowest BCUT2D eigenvalue weighted by Crippen LogP contribution is -2.38. The van der Waals surface area contributed by atoms with Crippen LogP contribution < -0.4 is 27.4 Å². The van der Waals surface area contributed by atoms with Crippen molar-refractivity contribution in [1.29, 1.82) is 0 Å². The van der Waals surface area contributed by atoms with Crippen LogP contribution in [-0.4, -0.2) is 24.6 Å². The van der Waals surface area contributed by atoms with Gasteiger partial charge in [0.25, 0.3) is 0 Å². The van der Waals surface area contributed by atoms with Gasteiger partial charge in [0.2, 0.25) is 0 Å². The topological polar surface area (TPSA) is 88.1 Å². The van der Waals surface area contributed by atoms with Gasteiger partial charge in [-0.2, -0.15) is 0 Å². The van der Waals surface area contributed by atoms with Gasteiger partial charge in [0.15, 0.2) is 0 Å². The van der Waals surface area contributed by atoms with Gasteiger partial charge in [-0.25, -0.2) is 0 Å². The maximum atomic E-state index is 6.18. The first-order chi connectivity index (χ1) is 12.9. The summed E-state index contributed by atoms with van der Waals surface area (Å²) in [5.74, 6) is 0. The van der Waals surface area contributed by atoms with Crippen molar-refractivity contribution in [3.63, 3.8) is 0 Å². The normalized spacial score (nSPS) is 17.3. The molecule has 1 aliphatic heterocycles. The third-order valence-electron chi connectivity index (χ3n) is 4.42. The van der Waals surface area contributed by atoms with Crippen molar-refractivity contribution in [3.8, 4) is 0 Å². The highest BCUT2D eigenvalue weighted by atomic mass is 35.5. The Bertz CT molecular complexity index is 839. The number of rotatable bonds is 7. The van der Waals surface area contributed by atoms with Crippen LogP contribution in [0.4, 0.5) is 11.4 Å². The minimum atomic E-state index is -0.328. The molecule has 27 heavy (non-hydrogen) atoms. The second-order valence-corrected chi connectivity index (χ2v) is 8.35. The Labute approximate surface area is 169 Å². The Morgan fingerprint density at radius 2 is 2.15 bits per heavy atom. The number of anilines is 2. The molecule has 2 unspecified atom stereocenters. The van der Waals surface area contributed by atoms with Crippen LogP contribution in [0.2, 0.25) is 5.02 Å². The molecular weight excluding hydrogens is 378 g/mol. The quantitative estimate of drug-likeness (QED) is 0.357. The average molecular weight is 404 g/mol. The van der Waals surface area contributed by atoms with Gasteiger partial charge in [-0.1, -0.05) is 35.5 Å². The lowest BCUT2D eigenvalue weighted by Gasteiger charge is -2.14. The molecule has 2 aromatic carbocycles. The van der Waals surface area contributed by atoms with Crippen LogP contribution in [0.25, 0.3) is 5.70 Å². The molecule has 0 aromatic heterocycles. The van der Waals surface area contributed by atoms with E-state index in [4.69, 9.17) is 23.1 Å². The van der Waals surface area contributed by atoms with E-state index in [0.29, 0.717) is 16.1 Å². The SMILES string of the molecule is Cc1c(Cl)cccc1/C(N)=C/C(N)NCCNc1ccc2c(c1)SC(C)N2. The summed E-state index contributed by atoms with van der Waals surface area (Å²) in [7, 11) is 0. The zero-order valence-electron chi connectivity index (χ0n) is 15.6. The molecule has 1 heterocycles. The highest BCUT2D eigenvalue weighted by molar-refractivity contribution is 8.00. The summed E-state index contributed by atoms with van der Waals surface area (Å²) in [6.07, 6.45) is 1.49. The highest BCUT2D eigenvalue weighted by Crippen LogP contribution is 2.39. The molecular formula is C20H26ClN5S. The van der Waals surface area contributed by atoms with Gasteiger partial charge < -0.3 is 22.1 Å². The van der Waals surface area contributed by atoms with Gasteiger partial charge >= 0.3 is 0 Å². The maximum absolute atomic E-state index is 6.18. The molecule has 2 aromatic rings. The summed E-state index contributed by atoms with van der Waals surface area (Å²) < 4.78 is 0. The lowest BCUT2D eigenvalue weighted by atomic mass is 10.1. The summed E-state index contributed by atoms with van der Waals surface area (Å²) in [4.78, 5) is 1.28. The Morgan fingerprint density at radius 3 is 2.96 bits per heavy atom. The highest BCUT2D eigenvalue weighted by Gasteiger charge is 2.17. The van der Waals surface area contributed by atoms with Crippen molar-refractivity contribution in [2.24, 2.45) is 11.5 Å². The summed E-state index contributed by atoms with van der Waals surface area (Å²) >= 11 is 7.99. The number of benzene rings is 2. The Kier molecular flexibility index (Phi) is 6.55. The fraction of sp³-hybridized carbons (Fsp3) is 0.300. The Hall–Kier alpha value is -1.86. The van der Waals surface area contributed by atoms with Crippen molar-refractivity contribution < 1.29 is 0 Å². The fourth-order valence-electron chi connectivity index (χ4n) is 3.00. The van der Waals surface area contributed by atoms with E-state index in [2.05, 4.69) is 41.1 Å². The molecule has 0 aliphatic carbocycles. The van der Waals surface area contributed by atoms with Crippen LogP contribution >= 0.6 is 23.4 Å². The molecule has 2 atom stereocenters. The number of hydrogen-bond donors (Lipinski definition) is 5. The number of thioether (sulfide) groups is 1. The van der Waals surface area contributed by atoms with E-state index in [1.165, 1.54) is 10.6 Å². The Balaban J connectivity index is 1.48. The van der Waals surface area contributed by atoms with E-state index >= 15 is 0 Å². The molecule has 7 N–H and O–H groups in total. The molecule has 0 amide bonds. The van der Waals surface area contributed by atoms with Crippen LogP contribution in [0.5, 0.6) is 0 Å². The van der Waals surface area contributed by atoms with E-state index in [1.54, 1.807) is 0 Å². The summed E-state index contributed by atoms with van der Waals surface area (Å²) in [6, 6.07) is 12.1. The van der Waals surface area contributed by atoms with E-state index < -0.39 is 0 Å². The third kappa shape index (κ3) is 5.11. The maximum Gasteiger partial charge on any atom is 0.0762 e. The van der Waals surface area contributed by atoms with Gasteiger partial charge in [0.1, 0.15) is 0 Å². The standard InChI is InChI=1S/C20H26ClN5S/c1-12-15(4-3-5-16(12)21)17(22)11-20(23)25-9-8-24-14-6-7-18-19(10-14)27-13(2)26-18/h3-7,10-11,13,20,24-26H,8-9,22-23H2,1-2H3/b17-11-. The predicted octanol–water partition coefficient (Wildman–Crippen LogP) is 3.80. The second kappa shape index (κ2) is 8.89. The van der Waals surface area contributed by atoms with E-state index in [-0.39, 0.29) is 6.17 Å². The molecule has 1 aliphatic rings. The van der Waals surface area contributed by atoms with E-state index in [9.17, 15) is 0 Å². The number of nitrogens with two attached hydrogens (primary N) is 2. The first-order valence-electron chi connectivity index (χ1n) is 8.97.